The van der Waals surface area contributed by atoms with E-state index in [1.54, 1.807) is 22.8 Å². The number of hydrogen-bond donors (Lipinski definition) is 0. The molecule has 1 aliphatic carbocycles. The van der Waals surface area contributed by atoms with Crippen molar-refractivity contribution >= 4 is 10.0 Å². The molecule has 26 heavy (non-hydrogen) atoms. The zero-order valence-corrected chi connectivity index (χ0v) is 15.6. The number of pyridine rings is 1. The SMILES string of the molecule is O=S(=O)(c1ccc2c(c1)CCCC2)N1CCC(OCc2ccncc2)C1. The van der Waals surface area contributed by atoms with Crippen LogP contribution in [-0.4, -0.2) is 36.9 Å². The number of rotatable bonds is 5. The van der Waals surface area contributed by atoms with Crippen molar-refractivity contribution in [3.8, 4) is 0 Å². The maximum atomic E-state index is 13.0. The number of fused-ring (bicyclic) bond motifs is 1. The molecule has 2 aliphatic rings. The molecule has 0 N–H and O–H groups in total. The number of aryl methyl sites for hydroxylation is 2. The summed E-state index contributed by atoms with van der Waals surface area (Å²) in [5.74, 6) is 0. The van der Waals surface area contributed by atoms with Gasteiger partial charge in [0.15, 0.2) is 0 Å². The summed E-state index contributed by atoms with van der Waals surface area (Å²) in [5, 5.41) is 0. The van der Waals surface area contributed by atoms with Crippen LogP contribution in [0.5, 0.6) is 0 Å². The highest BCUT2D eigenvalue weighted by Gasteiger charge is 2.33. The number of nitrogens with zero attached hydrogens (tertiary/aromatic N) is 2. The summed E-state index contributed by atoms with van der Waals surface area (Å²) in [7, 11) is -3.44. The summed E-state index contributed by atoms with van der Waals surface area (Å²) in [5.41, 5.74) is 3.55. The Morgan fingerprint density at radius 1 is 1.08 bits per heavy atom. The first-order valence-electron chi connectivity index (χ1n) is 9.25. The van der Waals surface area contributed by atoms with Gasteiger partial charge in [-0.15, -0.1) is 0 Å². The Morgan fingerprint density at radius 3 is 2.65 bits per heavy atom. The van der Waals surface area contributed by atoms with Crippen LogP contribution in [0.4, 0.5) is 0 Å². The minimum Gasteiger partial charge on any atom is -0.372 e. The molecule has 0 spiro atoms. The standard InChI is InChI=1S/C20H24N2O3S/c23-26(24,20-6-5-17-3-1-2-4-18(17)13-20)22-12-9-19(14-22)25-15-16-7-10-21-11-8-16/h5-8,10-11,13,19H,1-4,9,12,14-15H2. The summed E-state index contributed by atoms with van der Waals surface area (Å²) in [4.78, 5) is 4.41. The van der Waals surface area contributed by atoms with Gasteiger partial charge in [0, 0.05) is 25.5 Å². The van der Waals surface area contributed by atoms with E-state index >= 15 is 0 Å². The molecule has 2 heterocycles. The fraction of sp³-hybridized carbons (Fsp3) is 0.450. The van der Waals surface area contributed by atoms with Gasteiger partial charge >= 0.3 is 0 Å². The Morgan fingerprint density at radius 2 is 1.85 bits per heavy atom. The van der Waals surface area contributed by atoms with Crippen molar-refractivity contribution in [2.75, 3.05) is 13.1 Å². The largest absolute Gasteiger partial charge is 0.372 e. The van der Waals surface area contributed by atoms with Gasteiger partial charge in [-0.3, -0.25) is 4.98 Å². The number of benzene rings is 1. The monoisotopic (exact) mass is 372 g/mol. The first kappa shape index (κ1) is 17.6. The van der Waals surface area contributed by atoms with Crippen molar-refractivity contribution in [1.82, 2.24) is 9.29 Å². The van der Waals surface area contributed by atoms with Crippen LogP contribution in [0.2, 0.25) is 0 Å². The normalized spacial score (nSPS) is 20.8. The van der Waals surface area contributed by atoms with E-state index in [9.17, 15) is 8.42 Å². The van der Waals surface area contributed by atoms with Gasteiger partial charge in [0.05, 0.1) is 17.6 Å². The molecule has 1 fully saturated rings. The Bertz CT molecular complexity index is 868. The summed E-state index contributed by atoms with van der Waals surface area (Å²) in [6.45, 7) is 1.42. The quantitative estimate of drug-likeness (QED) is 0.810. The first-order chi connectivity index (χ1) is 12.6. The van der Waals surface area contributed by atoms with Gasteiger partial charge in [0.1, 0.15) is 0 Å². The molecular weight excluding hydrogens is 348 g/mol. The highest BCUT2D eigenvalue weighted by molar-refractivity contribution is 7.89. The molecule has 1 aromatic heterocycles. The molecule has 0 bridgehead atoms. The molecule has 2 aromatic rings. The topological polar surface area (TPSA) is 59.5 Å². The van der Waals surface area contributed by atoms with Gasteiger partial charge in [-0.1, -0.05) is 6.07 Å². The van der Waals surface area contributed by atoms with Crippen LogP contribution >= 0.6 is 0 Å². The molecule has 138 valence electrons. The lowest BCUT2D eigenvalue weighted by molar-refractivity contribution is 0.0508. The third-order valence-corrected chi connectivity index (χ3v) is 7.16. The summed E-state index contributed by atoms with van der Waals surface area (Å²) in [6, 6.07) is 9.47. The second-order valence-electron chi connectivity index (χ2n) is 7.08. The average molecular weight is 372 g/mol. The van der Waals surface area contributed by atoms with E-state index in [1.165, 1.54) is 17.5 Å². The van der Waals surface area contributed by atoms with Crippen molar-refractivity contribution < 1.29 is 13.2 Å². The minimum atomic E-state index is -3.44. The molecule has 1 atom stereocenters. The zero-order valence-electron chi connectivity index (χ0n) is 14.8. The molecule has 1 unspecified atom stereocenters. The third kappa shape index (κ3) is 3.68. The molecule has 1 saturated heterocycles. The van der Waals surface area contributed by atoms with Crippen LogP contribution in [0.15, 0.2) is 47.6 Å². The summed E-state index contributed by atoms with van der Waals surface area (Å²) in [6.07, 6.45) is 8.53. The lowest BCUT2D eigenvalue weighted by Crippen LogP contribution is -2.30. The average Bonchev–Trinajstić information content (AvgIpc) is 3.17. The molecule has 1 aromatic carbocycles. The van der Waals surface area contributed by atoms with Crippen molar-refractivity contribution in [2.24, 2.45) is 0 Å². The van der Waals surface area contributed by atoms with Gasteiger partial charge in [-0.25, -0.2) is 8.42 Å². The maximum absolute atomic E-state index is 13.0. The Labute approximate surface area is 155 Å². The first-order valence-corrected chi connectivity index (χ1v) is 10.7. The lowest BCUT2D eigenvalue weighted by atomic mass is 9.92. The summed E-state index contributed by atoms with van der Waals surface area (Å²) >= 11 is 0. The molecule has 0 radical (unpaired) electrons. The van der Waals surface area contributed by atoms with Crippen molar-refractivity contribution in [1.29, 1.82) is 0 Å². The number of aromatic nitrogens is 1. The van der Waals surface area contributed by atoms with Crippen LogP contribution in [0.3, 0.4) is 0 Å². The molecule has 0 saturated carbocycles. The molecular formula is C20H24N2O3S. The van der Waals surface area contributed by atoms with E-state index < -0.39 is 10.0 Å². The number of sulfonamides is 1. The van der Waals surface area contributed by atoms with Crippen molar-refractivity contribution in [3.63, 3.8) is 0 Å². The predicted molar refractivity (Wildman–Crippen MR) is 99.3 cm³/mol. The van der Waals surface area contributed by atoms with Gasteiger partial charge < -0.3 is 4.74 Å². The summed E-state index contributed by atoms with van der Waals surface area (Å²) < 4.78 is 33.5. The molecule has 4 rings (SSSR count). The predicted octanol–water partition coefficient (Wildman–Crippen LogP) is 2.94. The molecule has 5 nitrogen and oxygen atoms in total. The molecule has 1 aliphatic heterocycles. The van der Waals surface area contributed by atoms with Gasteiger partial charge in [0.25, 0.3) is 0 Å². The minimum absolute atomic E-state index is 0.0597. The van der Waals surface area contributed by atoms with Crippen LogP contribution in [0.25, 0.3) is 0 Å². The molecule has 6 heteroatoms. The second kappa shape index (κ2) is 7.47. The van der Waals surface area contributed by atoms with Crippen LogP contribution in [-0.2, 0) is 34.2 Å². The van der Waals surface area contributed by atoms with Crippen LogP contribution < -0.4 is 0 Å². The smallest absolute Gasteiger partial charge is 0.243 e. The maximum Gasteiger partial charge on any atom is 0.243 e. The highest BCUT2D eigenvalue weighted by Crippen LogP contribution is 2.28. The third-order valence-electron chi connectivity index (χ3n) is 5.30. The van der Waals surface area contributed by atoms with Crippen LogP contribution in [0, 0.1) is 0 Å². The zero-order chi connectivity index (χ0) is 18.0. The number of hydrogen-bond acceptors (Lipinski definition) is 4. The molecule has 0 amide bonds. The Balaban J connectivity index is 1.42. The van der Waals surface area contributed by atoms with E-state index in [-0.39, 0.29) is 6.10 Å². The van der Waals surface area contributed by atoms with Crippen molar-refractivity contribution in [2.45, 2.75) is 49.7 Å². The van der Waals surface area contributed by atoms with E-state index in [1.807, 2.05) is 24.3 Å². The van der Waals surface area contributed by atoms with E-state index in [0.29, 0.717) is 24.6 Å². The van der Waals surface area contributed by atoms with Crippen molar-refractivity contribution in [3.05, 3.63) is 59.4 Å². The highest BCUT2D eigenvalue weighted by atomic mass is 32.2. The van der Waals surface area contributed by atoms with E-state index in [0.717, 1.165) is 31.2 Å². The fourth-order valence-electron chi connectivity index (χ4n) is 3.76. The van der Waals surface area contributed by atoms with Gasteiger partial charge in [0.2, 0.25) is 10.0 Å². The lowest BCUT2D eigenvalue weighted by Gasteiger charge is -2.20. The van der Waals surface area contributed by atoms with E-state index in [4.69, 9.17) is 4.74 Å². The Hall–Kier alpha value is -1.76. The second-order valence-corrected chi connectivity index (χ2v) is 9.02. The van der Waals surface area contributed by atoms with E-state index in [2.05, 4.69) is 4.98 Å². The van der Waals surface area contributed by atoms with Gasteiger partial charge in [-0.2, -0.15) is 4.31 Å². The van der Waals surface area contributed by atoms with Crippen LogP contribution in [0.1, 0.15) is 36.0 Å². The Kier molecular flexibility index (Phi) is 5.07. The van der Waals surface area contributed by atoms with Gasteiger partial charge in [-0.05, 0) is 73.1 Å². The fourth-order valence-corrected chi connectivity index (χ4v) is 5.30. The number of ether oxygens (including phenoxy) is 1.